The van der Waals surface area contributed by atoms with Crippen LogP contribution < -0.4 is 5.73 Å². The third-order valence-electron chi connectivity index (χ3n) is 1.65. The number of aromatic nitrogens is 2. The first-order chi connectivity index (χ1) is 4.84. The highest BCUT2D eigenvalue weighted by atomic mass is 32.1. The van der Waals surface area contributed by atoms with E-state index in [-0.39, 0.29) is 0 Å². The van der Waals surface area contributed by atoms with Crippen LogP contribution in [0.4, 0.5) is 5.13 Å². The molecule has 1 heterocycles. The Morgan fingerprint density at radius 1 is 1.60 bits per heavy atom. The monoisotopic (exact) mass is 155 g/mol. The zero-order chi connectivity index (χ0) is 6.97. The second-order valence-electron chi connectivity index (χ2n) is 2.70. The van der Waals surface area contributed by atoms with Gasteiger partial charge in [-0.2, -0.15) is 4.37 Å². The number of nitrogen functional groups attached to an aromatic ring is 1. The standard InChI is InChI=1S/C6H9N3S/c7-6-8-5(9-10-6)3-4-1-2-4/h4H,1-3H2,(H2,7,8,9). The Morgan fingerprint density at radius 3 is 2.90 bits per heavy atom. The maximum atomic E-state index is 5.42. The van der Waals surface area contributed by atoms with E-state index < -0.39 is 0 Å². The Balaban J connectivity index is 2.03. The molecule has 54 valence electrons. The predicted molar refractivity (Wildman–Crippen MR) is 40.7 cm³/mol. The first-order valence-electron chi connectivity index (χ1n) is 3.42. The van der Waals surface area contributed by atoms with Crippen molar-refractivity contribution in [3.63, 3.8) is 0 Å². The van der Waals surface area contributed by atoms with Gasteiger partial charge >= 0.3 is 0 Å². The average molecular weight is 155 g/mol. The molecule has 0 radical (unpaired) electrons. The molecule has 1 aliphatic carbocycles. The molecule has 1 aromatic rings. The van der Waals surface area contributed by atoms with Crippen LogP contribution in [-0.2, 0) is 6.42 Å². The lowest BCUT2D eigenvalue weighted by atomic mass is 10.3. The summed E-state index contributed by atoms with van der Waals surface area (Å²) in [5, 5.41) is 0.593. The van der Waals surface area contributed by atoms with Gasteiger partial charge in [-0.25, -0.2) is 4.98 Å². The number of anilines is 1. The quantitative estimate of drug-likeness (QED) is 0.695. The van der Waals surface area contributed by atoms with Crippen LogP contribution >= 0.6 is 11.5 Å². The second-order valence-corrected chi connectivity index (χ2v) is 3.48. The van der Waals surface area contributed by atoms with E-state index in [0.717, 1.165) is 18.2 Å². The van der Waals surface area contributed by atoms with E-state index in [4.69, 9.17) is 5.73 Å². The van der Waals surface area contributed by atoms with Gasteiger partial charge in [0.15, 0.2) is 5.13 Å². The molecule has 0 amide bonds. The number of hydrogen-bond acceptors (Lipinski definition) is 4. The van der Waals surface area contributed by atoms with Gasteiger partial charge < -0.3 is 5.73 Å². The van der Waals surface area contributed by atoms with Gasteiger partial charge in [0.1, 0.15) is 5.82 Å². The van der Waals surface area contributed by atoms with E-state index in [9.17, 15) is 0 Å². The summed E-state index contributed by atoms with van der Waals surface area (Å²) in [7, 11) is 0. The number of nitrogens with two attached hydrogens (primary N) is 1. The minimum atomic E-state index is 0.593. The van der Waals surface area contributed by atoms with Crippen LogP contribution in [-0.4, -0.2) is 9.36 Å². The van der Waals surface area contributed by atoms with Crippen molar-refractivity contribution in [2.24, 2.45) is 5.92 Å². The van der Waals surface area contributed by atoms with E-state index in [1.54, 1.807) is 0 Å². The SMILES string of the molecule is Nc1nc(CC2CC2)ns1. The highest BCUT2D eigenvalue weighted by Gasteiger charge is 2.23. The molecule has 10 heavy (non-hydrogen) atoms. The summed E-state index contributed by atoms with van der Waals surface area (Å²) in [5.74, 6) is 1.79. The topological polar surface area (TPSA) is 51.8 Å². The van der Waals surface area contributed by atoms with E-state index in [1.807, 2.05) is 0 Å². The third-order valence-corrected chi connectivity index (χ3v) is 2.23. The third kappa shape index (κ3) is 1.26. The predicted octanol–water partition coefficient (Wildman–Crippen LogP) is 1.07. The van der Waals surface area contributed by atoms with Crippen molar-refractivity contribution in [1.29, 1.82) is 0 Å². The van der Waals surface area contributed by atoms with Gasteiger partial charge in [0.25, 0.3) is 0 Å². The highest BCUT2D eigenvalue weighted by Crippen LogP contribution is 2.32. The summed E-state index contributed by atoms with van der Waals surface area (Å²) in [6.07, 6.45) is 3.73. The molecule has 0 unspecified atom stereocenters. The number of nitrogens with zero attached hydrogens (tertiary/aromatic N) is 2. The molecule has 0 spiro atoms. The molecule has 2 N–H and O–H groups in total. The molecule has 1 fully saturated rings. The molecule has 0 aromatic carbocycles. The van der Waals surface area contributed by atoms with Crippen molar-refractivity contribution in [3.8, 4) is 0 Å². The summed E-state index contributed by atoms with van der Waals surface area (Å²) in [6.45, 7) is 0. The fourth-order valence-electron chi connectivity index (χ4n) is 0.931. The Hall–Kier alpha value is -0.640. The largest absolute Gasteiger partial charge is 0.374 e. The van der Waals surface area contributed by atoms with Crippen molar-refractivity contribution < 1.29 is 0 Å². The fourth-order valence-corrected chi connectivity index (χ4v) is 1.39. The van der Waals surface area contributed by atoms with Gasteiger partial charge in [-0.15, -0.1) is 0 Å². The van der Waals surface area contributed by atoms with Gasteiger partial charge in [-0.05, 0) is 18.8 Å². The molecule has 4 heteroatoms. The van der Waals surface area contributed by atoms with Gasteiger partial charge in [0, 0.05) is 18.0 Å². The molecule has 0 saturated heterocycles. The van der Waals surface area contributed by atoms with E-state index in [0.29, 0.717) is 5.13 Å². The maximum Gasteiger partial charge on any atom is 0.199 e. The lowest BCUT2D eigenvalue weighted by Gasteiger charge is -1.86. The van der Waals surface area contributed by atoms with Gasteiger partial charge in [0.05, 0.1) is 0 Å². The molecule has 0 bridgehead atoms. The van der Waals surface area contributed by atoms with Crippen LogP contribution in [0, 0.1) is 5.92 Å². The van der Waals surface area contributed by atoms with Gasteiger partial charge in [0.2, 0.25) is 0 Å². The minimum Gasteiger partial charge on any atom is -0.374 e. The molecule has 1 saturated carbocycles. The van der Waals surface area contributed by atoms with Crippen molar-refractivity contribution in [2.45, 2.75) is 19.3 Å². The van der Waals surface area contributed by atoms with Gasteiger partial charge in [-0.3, -0.25) is 0 Å². The second kappa shape index (κ2) is 2.20. The minimum absolute atomic E-state index is 0.593. The molecule has 2 rings (SSSR count). The summed E-state index contributed by atoms with van der Waals surface area (Å²) in [5.41, 5.74) is 5.42. The Bertz CT molecular complexity index is 229. The molecular formula is C6H9N3S. The van der Waals surface area contributed by atoms with E-state index in [2.05, 4.69) is 9.36 Å². The first-order valence-corrected chi connectivity index (χ1v) is 4.20. The van der Waals surface area contributed by atoms with Crippen LogP contribution in [0.3, 0.4) is 0 Å². The summed E-state index contributed by atoms with van der Waals surface area (Å²) >= 11 is 1.29. The van der Waals surface area contributed by atoms with Crippen LogP contribution in [0.5, 0.6) is 0 Å². The molecular weight excluding hydrogens is 146 g/mol. The van der Waals surface area contributed by atoms with E-state index >= 15 is 0 Å². The first kappa shape index (κ1) is 6.09. The summed E-state index contributed by atoms with van der Waals surface area (Å²) in [4.78, 5) is 4.08. The molecule has 0 atom stereocenters. The molecule has 1 aromatic heterocycles. The average Bonchev–Trinajstić information content (AvgIpc) is 2.59. The van der Waals surface area contributed by atoms with Gasteiger partial charge in [-0.1, -0.05) is 0 Å². The molecule has 1 aliphatic rings. The summed E-state index contributed by atoms with van der Waals surface area (Å²) in [6, 6.07) is 0. The van der Waals surface area contributed by atoms with Crippen molar-refractivity contribution in [2.75, 3.05) is 5.73 Å². The van der Waals surface area contributed by atoms with Crippen LogP contribution in [0.15, 0.2) is 0 Å². The Kier molecular flexibility index (Phi) is 1.34. The summed E-state index contributed by atoms with van der Waals surface area (Å²) < 4.78 is 4.10. The normalized spacial score (nSPS) is 17.6. The number of hydrogen-bond donors (Lipinski definition) is 1. The van der Waals surface area contributed by atoms with Crippen LogP contribution in [0.1, 0.15) is 18.7 Å². The molecule has 0 aliphatic heterocycles. The van der Waals surface area contributed by atoms with Crippen molar-refractivity contribution in [1.82, 2.24) is 9.36 Å². The number of rotatable bonds is 2. The Labute approximate surface area is 63.4 Å². The molecule has 3 nitrogen and oxygen atoms in total. The van der Waals surface area contributed by atoms with Crippen LogP contribution in [0.25, 0.3) is 0 Å². The lowest BCUT2D eigenvalue weighted by Crippen LogP contribution is -1.90. The fraction of sp³-hybridized carbons (Fsp3) is 0.667. The highest BCUT2D eigenvalue weighted by molar-refractivity contribution is 7.09. The smallest absolute Gasteiger partial charge is 0.199 e. The van der Waals surface area contributed by atoms with Crippen molar-refractivity contribution in [3.05, 3.63) is 5.82 Å². The lowest BCUT2D eigenvalue weighted by molar-refractivity contribution is 0.788. The Morgan fingerprint density at radius 2 is 2.40 bits per heavy atom. The van der Waals surface area contributed by atoms with Crippen LogP contribution in [0.2, 0.25) is 0 Å². The zero-order valence-electron chi connectivity index (χ0n) is 5.58. The van der Waals surface area contributed by atoms with E-state index in [1.165, 1.54) is 24.4 Å². The van der Waals surface area contributed by atoms with Crippen molar-refractivity contribution >= 4 is 16.7 Å². The maximum absolute atomic E-state index is 5.42. The zero-order valence-corrected chi connectivity index (χ0v) is 6.40.